The average Bonchev–Trinajstić information content (AvgIpc) is 2.80. The molecule has 164 valence electrons. The van der Waals surface area contributed by atoms with E-state index in [9.17, 15) is 14.4 Å². The van der Waals surface area contributed by atoms with Crippen molar-refractivity contribution in [3.8, 4) is 16.9 Å². The Labute approximate surface area is 190 Å². The summed E-state index contributed by atoms with van der Waals surface area (Å²) >= 11 is 5.96. The fourth-order valence-electron chi connectivity index (χ4n) is 3.21. The first-order valence-corrected chi connectivity index (χ1v) is 10.3. The van der Waals surface area contributed by atoms with Gasteiger partial charge >= 0.3 is 5.97 Å². The molecular weight excluding hydrogens is 430 g/mol. The Morgan fingerprint density at radius 2 is 1.81 bits per heavy atom. The summed E-state index contributed by atoms with van der Waals surface area (Å²) in [5.74, 6) is -0.337. The van der Waals surface area contributed by atoms with Crippen LogP contribution in [0.25, 0.3) is 17.2 Å². The molecule has 0 saturated carbocycles. The maximum absolute atomic E-state index is 13.4. The number of hydrogen-bond acceptors (Lipinski definition) is 5. The maximum atomic E-state index is 13.4. The molecule has 0 aliphatic heterocycles. The largest absolute Gasteiger partial charge is 0.497 e. The minimum Gasteiger partial charge on any atom is -0.497 e. The van der Waals surface area contributed by atoms with Crippen LogP contribution in [0.2, 0.25) is 5.02 Å². The third-order valence-electron chi connectivity index (χ3n) is 4.83. The Kier molecular flexibility index (Phi) is 7.28. The highest BCUT2D eigenvalue weighted by Crippen LogP contribution is 2.30. The molecule has 2 aromatic carbocycles. The van der Waals surface area contributed by atoms with Crippen LogP contribution in [0.4, 0.5) is 0 Å². The Bertz CT molecular complexity index is 1240. The average molecular weight is 452 g/mol. The van der Waals surface area contributed by atoms with Crippen LogP contribution in [0.15, 0.2) is 65.6 Å². The number of benzene rings is 2. The van der Waals surface area contributed by atoms with Gasteiger partial charge in [-0.05, 0) is 72.7 Å². The van der Waals surface area contributed by atoms with Crippen molar-refractivity contribution >= 4 is 29.4 Å². The molecule has 0 unspecified atom stereocenters. The smallest absolute Gasteiger partial charge is 0.330 e. The van der Waals surface area contributed by atoms with Crippen LogP contribution in [0.5, 0.6) is 5.75 Å². The minimum atomic E-state index is -0.522. The van der Waals surface area contributed by atoms with Gasteiger partial charge in [0, 0.05) is 35.5 Å². The number of carbonyl (C=O) groups is 2. The van der Waals surface area contributed by atoms with Crippen molar-refractivity contribution in [2.24, 2.45) is 7.05 Å². The number of halogens is 1. The van der Waals surface area contributed by atoms with Gasteiger partial charge in [0.25, 0.3) is 5.56 Å². The number of aryl methyl sites for hydroxylation is 1. The topological polar surface area (TPSA) is 74.6 Å². The number of hydrogen-bond donors (Lipinski definition) is 0. The van der Waals surface area contributed by atoms with E-state index >= 15 is 0 Å². The highest BCUT2D eigenvalue weighted by molar-refractivity contribution is 6.30. The first-order chi connectivity index (χ1) is 15.3. The Balaban J connectivity index is 2.22. The molecule has 0 saturated heterocycles. The van der Waals surface area contributed by atoms with E-state index in [1.165, 1.54) is 23.8 Å². The van der Waals surface area contributed by atoms with E-state index in [2.05, 4.69) is 0 Å². The second-order valence-electron chi connectivity index (χ2n) is 6.90. The molecule has 3 aromatic rings. The molecule has 3 rings (SSSR count). The summed E-state index contributed by atoms with van der Waals surface area (Å²) in [5, 5.41) is 0.510. The van der Waals surface area contributed by atoms with Gasteiger partial charge in [-0.15, -0.1) is 0 Å². The number of ether oxygens (including phenoxy) is 2. The lowest BCUT2D eigenvalue weighted by Gasteiger charge is -2.14. The van der Waals surface area contributed by atoms with E-state index in [-0.39, 0.29) is 23.5 Å². The van der Waals surface area contributed by atoms with Crippen LogP contribution >= 0.6 is 11.6 Å². The lowest BCUT2D eigenvalue weighted by atomic mass is 9.91. The quantitative estimate of drug-likeness (QED) is 0.300. The molecule has 32 heavy (non-hydrogen) atoms. The zero-order valence-corrected chi connectivity index (χ0v) is 18.7. The van der Waals surface area contributed by atoms with Crippen molar-refractivity contribution in [2.45, 2.75) is 6.92 Å². The van der Waals surface area contributed by atoms with Gasteiger partial charge in [-0.1, -0.05) is 11.6 Å². The van der Waals surface area contributed by atoms with E-state index < -0.39 is 5.97 Å². The van der Waals surface area contributed by atoms with E-state index in [4.69, 9.17) is 21.1 Å². The number of pyridine rings is 1. The number of esters is 1. The zero-order chi connectivity index (χ0) is 23.3. The molecule has 0 amide bonds. The fourth-order valence-corrected chi connectivity index (χ4v) is 3.34. The van der Waals surface area contributed by atoms with Gasteiger partial charge in [0.2, 0.25) is 0 Å². The number of nitrogens with zero attached hydrogens (tertiary/aromatic N) is 1. The molecule has 0 spiro atoms. The van der Waals surface area contributed by atoms with Gasteiger partial charge in [0.1, 0.15) is 5.75 Å². The standard InChI is InChI=1S/C25H22ClNO5/c1-4-32-22(28)12-7-16-13-14-27(2)25(30)23(16)20-11-10-19(31-3)15-21(20)24(29)17-5-8-18(26)9-6-17/h5-15H,4H2,1-3H3/b12-7+. The van der Waals surface area contributed by atoms with Crippen molar-refractivity contribution in [1.82, 2.24) is 4.57 Å². The maximum Gasteiger partial charge on any atom is 0.330 e. The van der Waals surface area contributed by atoms with Crippen LogP contribution in [-0.4, -0.2) is 30.0 Å². The van der Waals surface area contributed by atoms with Crippen LogP contribution < -0.4 is 10.3 Å². The first-order valence-electron chi connectivity index (χ1n) is 9.88. The van der Waals surface area contributed by atoms with Gasteiger partial charge in [-0.2, -0.15) is 0 Å². The molecular formula is C25H22ClNO5. The predicted octanol–water partition coefficient (Wildman–Crippen LogP) is 4.52. The van der Waals surface area contributed by atoms with E-state index in [1.807, 2.05) is 0 Å². The van der Waals surface area contributed by atoms with Crippen LogP contribution in [-0.2, 0) is 16.6 Å². The van der Waals surface area contributed by atoms with Gasteiger partial charge in [0.05, 0.1) is 19.3 Å². The summed E-state index contributed by atoms with van der Waals surface area (Å²) in [6.07, 6.45) is 4.36. The molecule has 1 heterocycles. The van der Waals surface area contributed by atoms with Gasteiger partial charge in [-0.25, -0.2) is 4.79 Å². The molecule has 0 aliphatic carbocycles. The van der Waals surface area contributed by atoms with Crippen molar-refractivity contribution < 1.29 is 19.1 Å². The molecule has 0 atom stereocenters. The highest BCUT2D eigenvalue weighted by Gasteiger charge is 2.20. The van der Waals surface area contributed by atoms with E-state index in [0.29, 0.717) is 33.0 Å². The van der Waals surface area contributed by atoms with Crippen molar-refractivity contribution in [3.63, 3.8) is 0 Å². The summed E-state index contributed by atoms with van der Waals surface area (Å²) < 4.78 is 11.7. The second kappa shape index (κ2) is 10.1. The van der Waals surface area contributed by atoms with Crippen LogP contribution in [0.3, 0.4) is 0 Å². The van der Waals surface area contributed by atoms with E-state index in [0.717, 1.165) is 0 Å². The van der Waals surface area contributed by atoms with Gasteiger partial charge in [0.15, 0.2) is 5.78 Å². The van der Waals surface area contributed by atoms with Crippen molar-refractivity contribution in [2.75, 3.05) is 13.7 Å². The molecule has 0 radical (unpaired) electrons. The third kappa shape index (κ3) is 4.98. The molecule has 0 N–H and O–H groups in total. The molecule has 0 fully saturated rings. The normalized spacial score (nSPS) is 10.9. The fraction of sp³-hybridized carbons (Fsp3) is 0.160. The van der Waals surface area contributed by atoms with Crippen molar-refractivity contribution in [3.05, 3.63) is 92.9 Å². The summed E-state index contributed by atoms with van der Waals surface area (Å²) in [5.41, 5.74) is 1.59. The highest BCUT2D eigenvalue weighted by atomic mass is 35.5. The second-order valence-corrected chi connectivity index (χ2v) is 7.33. The summed E-state index contributed by atoms with van der Waals surface area (Å²) in [6.45, 7) is 1.95. The van der Waals surface area contributed by atoms with Gasteiger partial charge in [-0.3, -0.25) is 9.59 Å². The predicted molar refractivity (Wildman–Crippen MR) is 124 cm³/mol. The molecule has 6 nitrogen and oxygen atoms in total. The number of carbonyl (C=O) groups excluding carboxylic acids is 2. The molecule has 0 bridgehead atoms. The van der Waals surface area contributed by atoms with Gasteiger partial charge < -0.3 is 14.0 Å². The molecule has 1 aromatic heterocycles. The summed E-state index contributed by atoms with van der Waals surface area (Å²) in [7, 11) is 3.12. The van der Waals surface area contributed by atoms with Crippen LogP contribution in [0.1, 0.15) is 28.4 Å². The zero-order valence-electron chi connectivity index (χ0n) is 17.9. The number of aromatic nitrogens is 1. The lowest BCUT2D eigenvalue weighted by Crippen LogP contribution is -2.20. The minimum absolute atomic E-state index is 0.241. The Hall–Kier alpha value is -3.64. The lowest BCUT2D eigenvalue weighted by molar-refractivity contribution is -0.137. The monoisotopic (exact) mass is 451 g/mol. The Morgan fingerprint density at radius 1 is 1.09 bits per heavy atom. The molecule has 7 heteroatoms. The molecule has 0 aliphatic rings. The third-order valence-corrected chi connectivity index (χ3v) is 5.09. The Morgan fingerprint density at radius 3 is 2.47 bits per heavy atom. The van der Waals surface area contributed by atoms with Crippen LogP contribution in [0, 0.1) is 0 Å². The van der Waals surface area contributed by atoms with E-state index in [1.54, 1.807) is 68.7 Å². The summed E-state index contributed by atoms with van der Waals surface area (Å²) in [6, 6.07) is 13.1. The van der Waals surface area contributed by atoms with Crippen molar-refractivity contribution in [1.29, 1.82) is 0 Å². The number of rotatable bonds is 7. The number of ketones is 1. The SMILES string of the molecule is CCOC(=O)/C=C/c1ccn(C)c(=O)c1-c1ccc(OC)cc1C(=O)c1ccc(Cl)cc1. The number of methoxy groups -OCH3 is 1. The summed E-state index contributed by atoms with van der Waals surface area (Å²) in [4.78, 5) is 38.3. The first kappa shape index (κ1) is 23.0.